The predicted molar refractivity (Wildman–Crippen MR) is 215 cm³/mol. The van der Waals surface area contributed by atoms with Crippen LogP contribution in [-0.4, -0.2) is 111 Å². The molecule has 1 aromatic carbocycles. The smallest absolute Gasteiger partial charge is 0.287 e. The third-order valence-electron chi connectivity index (χ3n) is 11.4. The molecule has 6 N–H and O–H groups in total. The van der Waals surface area contributed by atoms with Crippen LogP contribution in [0.1, 0.15) is 114 Å². The number of aromatic nitrogens is 3. The van der Waals surface area contributed by atoms with Gasteiger partial charge in [-0.3, -0.25) is 28.8 Å². The van der Waals surface area contributed by atoms with Gasteiger partial charge in [0.2, 0.25) is 27.6 Å². The van der Waals surface area contributed by atoms with Crippen molar-refractivity contribution < 1.29 is 42.3 Å². The van der Waals surface area contributed by atoms with E-state index in [0.29, 0.717) is 17.2 Å². The van der Waals surface area contributed by atoms with E-state index >= 15 is 0 Å². The zero-order valence-electron chi connectivity index (χ0n) is 33.8. The minimum atomic E-state index is -4.08. The van der Waals surface area contributed by atoms with E-state index in [9.17, 15) is 42.3 Å². The second kappa shape index (κ2) is 18.0. The fourth-order valence-electron chi connectivity index (χ4n) is 7.83. The largest absolute Gasteiger partial charge is 0.384 e. The number of ketones is 2. The standard InChI is InChI=1S/C39H56N8O9S2/c1-37(2,3)31(48)22-42-58(55,56)27-13-11-25(12-14-27)34(51)43-28(19-24-9-7-6-8-10-24)36(53)46-23-26(47-30(21-41-45-47)38(4,5)54)20-29(46)35(52)44-39(32(49)33(40)50)15-17-57-18-16-39/h11-14,21,24,26,28-29,42,54H,6-10,15-20,22-23H2,1-5H3,(H2,40,50)(H,43,51)(H,44,52)/t26-,28+,29-/m0/s1. The van der Waals surface area contributed by atoms with Crippen molar-refractivity contribution in [1.29, 1.82) is 0 Å². The maximum Gasteiger partial charge on any atom is 0.287 e. The van der Waals surface area contributed by atoms with Crippen molar-refractivity contribution in [2.75, 3.05) is 24.6 Å². The van der Waals surface area contributed by atoms with Crippen LogP contribution in [0.3, 0.4) is 0 Å². The topological polar surface area (TPSA) is 253 Å². The number of carbonyl (C=O) groups is 6. The molecule has 19 heteroatoms. The van der Waals surface area contributed by atoms with Crippen LogP contribution in [-0.2, 0) is 39.6 Å². The Morgan fingerprint density at radius 3 is 2.22 bits per heavy atom. The third kappa shape index (κ3) is 10.5. The Hall–Kier alpha value is -4.20. The first-order valence-corrected chi connectivity index (χ1v) is 22.4. The van der Waals surface area contributed by atoms with Crippen molar-refractivity contribution in [3.8, 4) is 0 Å². The molecule has 4 amide bonds. The van der Waals surface area contributed by atoms with Crippen LogP contribution in [0.2, 0.25) is 0 Å². The zero-order valence-corrected chi connectivity index (χ0v) is 35.4. The maximum absolute atomic E-state index is 14.9. The van der Waals surface area contributed by atoms with E-state index < -0.39 is 80.7 Å². The molecule has 3 aliphatic rings. The fraction of sp³-hybridized carbons (Fsp3) is 0.641. The molecule has 1 saturated carbocycles. The minimum Gasteiger partial charge on any atom is -0.384 e. The number of nitrogens with two attached hydrogens (primary N) is 1. The Balaban J connectivity index is 1.44. The number of Topliss-reactive ketones (excluding diaryl/α,β-unsaturated/α-hetero) is 2. The summed E-state index contributed by atoms with van der Waals surface area (Å²) < 4.78 is 29.7. The predicted octanol–water partition coefficient (Wildman–Crippen LogP) is 1.75. The van der Waals surface area contributed by atoms with E-state index in [0.717, 1.165) is 32.1 Å². The molecular weight excluding hydrogens is 789 g/mol. The molecule has 58 heavy (non-hydrogen) atoms. The van der Waals surface area contributed by atoms with Crippen molar-refractivity contribution >= 4 is 57.0 Å². The Morgan fingerprint density at radius 1 is 1.00 bits per heavy atom. The number of benzene rings is 1. The van der Waals surface area contributed by atoms with Crippen molar-refractivity contribution in [2.24, 2.45) is 17.1 Å². The molecule has 0 unspecified atom stereocenters. The summed E-state index contributed by atoms with van der Waals surface area (Å²) in [6, 6.07) is 2.22. The first kappa shape index (κ1) is 44.9. The third-order valence-corrected chi connectivity index (χ3v) is 13.8. The van der Waals surface area contributed by atoms with Gasteiger partial charge in [-0.05, 0) is 74.8 Å². The summed E-state index contributed by atoms with van der Waals surface area (Å²) in [7, 11) is -4.08. The number of sulfonamides is 1. The number of rotatable bonds is 15. The molecule has 1 aliphatic carbocycles. The van der Waals surface area contributed by atoms with Crippen molar-refractivity contribution in [1.82, 2.24) is 35.2 Å². The van der Waals surface area contributed by atoms with Gasteiger partial charge in [0.15, 0.2) is 5.78 Å². The van der Waals surface area contributed by atoms with Crippen LogP contribution in [0.25, 0.3) is 0 Å². The molecule has 3 atom stereocenters. The summed E-state index contributed by atoms with van der Waals surface area (Å²) in [6.07, 6.45) is 6.71. The first-order chi connectivity index (χ1) is 27.1. The van der Waals surface area contributed by atoms with Gasteiger partial charge in [0.05, 0.1) is 29.4 Å². The molecule has 2 aliphatic heterocycles. The highest BCUT2D eigenvalue weighted by Crippen LogP contribution is 2.35. The second-order valence-corrected chi connectivity index (χ2v) is 20.2. The second-order valence-electron chi connectivity index (χ2n) is 17.2. The summed E-state index contributed by atoms with van der Waals surface area (Å²) in [6.45, 7) is 7.74. The SMILES string of the molecule is CC(C)(C)C(=O)CNS(=O)(=O)c1ccc(C(=O)N[C@H](CC2CCCCC2)C(=O)N2C[C@@H](n3nncc3C(C)(C)O)C[C@H]2C(=O)NC2(C(=O)C(N)=O)CCSCC2)cc1. The molecule has 0 bridgehead atoms. The summed E-state index contributed by atoms with van der Waals surface area (Å²) in [5, 5.41) is 24.8. The number of carbonyl (C=O) groups excluding carboxylic acids is 6. The number of thioether (sulfide) groups is 1. The average molecular weight is 845 g/mol. The molecule has 318 valence electrons. The first-order valence-electron chi connectivity index (χ1n) is 19.7. The molecule has 0 spiro atoms. The summed E-state index contributed by atoms with van der Waals surface area (Å²) in [5.74, 6) is -3.15. The van der Waals surface area contributed by atoms with Gasteiger partial charge in [0.1, 0.15) is 23.2 Å². The molecule has 0 radical (unpaired) electrons. The van der Waals surface area contributed by atoms with Gasteiger partial charge in [0.25, 0.3) is 11.8 Å². The fourth-order valence-corrected chi connectivity index (χ4v) is 10.0. The van der Waals surface area contributed by atoms with E-state index in [2.05, 4.69) is 25.7 Å². The Morgan fingerprint density at radius 2 is 1.64 bits per heavy atom. The van der Waals surface area contributed by atoms with Gasteiger partial charge in [-0.25, -0.2) is 17.8 Å². The lowest BCUT2D eigenvalue weighted by Gasteiger charge is -2.37. The summed E-state index contributed by atoms with van der Waals surface area (Å²) in [5.41, 5.74) is 2.23. The number of nitrogens with zero attached hydrogens (tertiary/aromatic N) is 4. The molecule has 1 aromatic heterocycles. The van der Waals surface area contributed by atoms with Crippen molar-refractivity contribution in [2.45, 2.75) is 127 Å². The summed E-state index contributed by atoms with van der Waals surface area (Å²) >= 11 is 1.58. The van der Waals surface area contributed by atoms with Gasteiger partial charge in [0, 0.05) is 23.9 Å². The highest BCUT2D eigenvalue weighted by Gasteiger charge is 2.49. The number of amides is 4. The molecular formula is C39H56N8O9S2. The normalized spacial score (nSPS) is 20.9. The van der Waals surface area contributed by atoms with E-state index in [-0.39, 0.29) is 54.4 Å². The lowest BCUT2D eigenvalue weighted by atomic mass is 9.84. The lowest BCUT2D eigenvalue weighted by molar-refractivity contribution is -0.145. The maximum atomic E-state index is 14.9. The van der Waals surface area contributed by atoms with E-state index in [1.165, 1.54) is 40.0 Å². The lowest BCUT2D eigenvalue weighted by Crippen LogP contribution is -2.63. The molecule has 2 aromatic rings. The Kier molecular flexibility index (Phi) is 13.9. The number of hydrogen-bond acceptors (Lipinski definition) is 12. The van der Waals surface area contributed by atoms with Gasteiger partial charge < -0.3 is 26.4 Å². The van der Waals surface area contributed by atoms with Crippen LogP contribution in [0.4, 0.5) is 0 Å². The molecule has 3 heterocycles. The monoisotopic (exact) mass is 844 g/mol. The number of likely N-dealkylation sites (tertiary alicyclic amines) is 1. The van der Waals surface area contributed by atoms with Crippen LogP contribution in [0, 0.1) is 11.3 Å². The number of primary amides is 1. The number of hydrogen-bond donors (Lipinski definition) is 5. The molecule has 3 fully saturated rings. The van der Waals surface area contributed by atoms with Crippen LogP contribution in [0.5, 0.6) is 0 Å². The summed E-state index contributed by atoms with van der Waals surface area (Å²) in [4.78, 5) is 82.1. The highest BCUT2D eigenvalue weighted by molar-refractivity contribution is 7.99. The van der Waals surface area contributed by atoms with E-state index in [1.54, 1.807) is 46.4 Å². The molecule has 17 nitrogen and oxygen atoms in total. The number of nitrogens with one attached hydrogen (secondary N) is 3. The van der Waals surface area contributed by atoms with Crippen LogP contribution < -0.4 is 21.1 Å². The zero-order chi connectivity index (χ0) is 42.6. The van der Waals surface area contributed by atoms with Gasteiger partial charge >= 0.3 is 0 Å². The van der Waals surface area contributed by atoms with Gasteiger partial charge in [-0.15, -0.1) is 5.10 Å². The molecule has 5 rings (SSSR count). The quantitative estimate of drug-likeness (QED) is 0.161. The Bertz CT molecular complexity index is 1980. The highest BCUT2D eigenvalue weighted by atomic mass is 32.2. The van der Waals surface area contributed by atoms with Crippen molar-refractivity contribution in [3.63, 3.8) is 0 Å². The minimum absolute atomic E-state index is 0.0228. The molecule has 2 saturated heterocycles. The van der Waals surface area contributed by atoms with Gasteiger partial charge in [-0.1, -0.05) is 58.1 Å². The average Bonchev–Trinajstić information content (AvgIpc) is 3.85. The number of aliphatic hydroxyl groups is 1. The van der Waals surface area contributed by atoms with Crippen molar-refractivity contribution in [3.05, 3.63) is 41.7 Å². The van der Waals surface area contributed by atoms with E-state index in [4.69, 9.17) is 5.73 Å². The Labute approximate surface area is 343 Å². The van der Waals surface area contributed by atoms with Crippen LogP contribution in [0.15, 0.2) is 35.4 Å². The van der Waals surface area contributed by atoms with E-state index in [1.807, 2.05) is 0 Å². The van der Waals surface area contributed by atoms with Gasteiger partial charge in [-0.2, -0.15) is 11.8 Å². The van der Waals surface area contributed by atoms with Crippen LogP contribution >= 0.6 is 11.8 Å².